The van der Waals surface area contributed by atoms with Crippen LogP contribution in [0.2, 0.25) is 5.02 Å². The van der Waals surface area contributed by atoms with Crippen LogP contribution in [0.5, 0.6) is 5.75 Å². The molecule has 1 aromatic heterocycles. The van der Waals surface area contributed by atoms with Gasteiger partial charge in [0.25, 0.3) is 5.91 Å². The van der Waals surface area contributed by atoms with Crippen molar-refractivity contribution in [2.45, 2.75) is 32.4 Å². The van der Waals surface area contributed by atoms with E-state index in [-0.39, 0.29) is 18.6 Å². The molecule has 0 saturated carbocycles. The molecule has 134 valence electrons. The molecule has 0 aliphatic carbocycles. The lowest BCUT2D eigenvalue weighted by atomic mass is 10.2. The lowest BCUT2D eigenvalue weighted by Gasteiger charge is -2.24. The van der Waals surface area contributed by atoms with Crippen molar-refractivity contribution in [3.8, 4) is 5.75 Å². The second-order valence-electron chi connectivity index (χ2n) is 6.16. The number of amides is 1. The fourth-order valence-electron chi connectivity index (χ4n) is 2.81. The standard InChI is InChI=1S/C19H22ClNO4/c1-14-4-7-18(25-14)12-21(11-17-3-2-10-23-17)19(22)13-24-16-8-5-15(20)6-9-16/h4-9,17H,2-3,10-13H2,1H3. The molecule has 2 heterocycles. The highest BCUT2D eigenvalue weighted by Gasteiger charge is 2.24. The number of carbonyl (C=O) groups is 1. The topological polar surface area (TPSA) is 51.9 Å². The summed E-state index contributed by atoms with van der Waals surface area (Å²) in [4.78, 5) is 14.4. The predicted molar refractivity (Wildman–Crippen MR) is 94.8 cm³/mol. The summed E-state index contributed by atoms with van der Waals surface area (Å²) in [6.45, 7) is 3.57. The molecule has 0 radical (unpaired) electrons. The number of hydrogen-bond donors (Lipinski definition) is 0. The van der Waals surface area contributed by atoms with E-state index in [0.29, 0.717) is 23.9 Å². The Morgan fingerprint density at radius 3 is 2.72 bits per heavy atom. The van der Waals surface area contributed by atoms with Crippen molar-refractivity contribution in [3.63, 3.8) is 0 Å². The fourth-order valence-corrected chi connectivity index (χ4v) is 2.94. The highest BCUT2D eigenvalue weighted by molar-refractivity contribution is 6.30. The third-order valence-corrected chi connectivity index (χ3v) is 4.37. The minimum Gasteiger partial charge on any atom is -0.484 e. The smallest absolute Gasteiger partial charge is 0.261 e. The van der Waals surface area contributed by atoms with Gasteiger partial charge in [0, 0.05) is 18.2 Å². The zero-order valence-corrected chi connectivity index (χ0v) is 15.0. The Hall–Kier alpha value is -1.98. The summed E-state index contributed by atoms with van der Waals surface area (Å²) in [5, 5.41) is 0.631. The van der Waals surface area contributed by atoms with E-state index in [9.17, 15) is 4.79 Å². The predicted octanol–water partition coefficient (Wildman–Crippen LogP) is 3.83. The zero-order valence-electron chi connectivity index (χ0n) is 14.2. The number of carbonyl (C=O) groups excluding carboxylic acids is 1. The molecule has 1 atom stereocenters. The first-order chi connectivity index (χ1) is 12.1. The summed E-state index contributed by atoms with van der Waals surface area (Å²) < 4.78 is 16.9. The van der Waals surface area contributed by atoms with Crippen LogP contribution in [0.1, 0.15) is 24.4 Å². The van der Waals surface area contributed by atoms with Gasteiger partial charge in [0.15, 0.2) is 6.61 Å². The van der Waals surface area contributed by atoms with Crippen LogP contribution < -0.4 is 4.74 Å². The van der Waals surface area contributed by atoms with Crippen LogP contribution in [0.3, 0.4) is 0 Å². The van der Waals surface area contributed by atoms with Crippen LogP contribution in [-0.4, -0.2) is 36.7 Å². The van der Waals surface area contributed by atoms with E-state index in [1.807, 2.05) is 19.1 Å². The van der Waals surface area contributed by atoms with Gasteiger partial charge < -0.3 is 18.8 Å². The number of ether oxygens (including phenoxy) is 2. The molecule has 2 aromatic rings. The van der Waals surface area contributed by atoms with Crippen LogP contribution in [0.15, 0.2) is 40.8 Å². The quantitative estimate of drug-likeness (QED) is 0.750. The number of halogens is 1. The van der Waals surface area contributed by atoms with E-state index >= 15 is 0 Å². The Morgan fingerprint density at radius 1 is 1.28 bits per heavy atom. The molecule has 25 heavy (non-hydrogen) atoms. The summed E-state index contributed by atoms with van der Waals surface area (Å²) in [6.07, 6.45) is 2.09. The molecule has 0 bridgehead atoms. The molecule has 0 N–H and O–H groups in total. The molecule has 1 fully saturated rings. The second-order valence-corrected chi connectivity index (χ2v) is 6.60. The first-order valence-electron chi connectivity index (χ1n) is 8.43. The third kappa shape index (κ3) is 5.25. The average Bonchev–Trinajstić information content (AvgIpc) is 3.25. The highest BCUT2D eigenvalue weighted by atomic mass is 35.5. The highest BCUT2D eigenvalue weighted by Crippen LogP contribution is 2.18. The molecule has 0 spiro atoms. The maximum atomic E-state index is 12.7. The number of hydrogen-bond acceptors (Lipinski definition) is 4. The van der Waals surface area contributed by atoms with E-state index in [2.05, 4.69) is 0 Å². The van der Waals surface area contributed by atoms with Crippen molar-refractivity contribution in [2.24, 2.45) is 0 Å². The Balaban J connectivity index is 1.61. The van der Waals surface area contributed by atoms with Gasteiger partial charge in [0.1, 0.15) is 17.3 Å². The van der Waals surface area contributed by atoms with Crippen molar-refractivity contribution < 1.29 is 18.7 Å². The zero-order chi connectivity index (χ0) is 17.6. The maximum absolute atomic E-state index is 12.7. The van der Waals surface area contributed by atoms with Crippen molar-refractivity contribution in [2.75, 3.05) is 19.8 Å². The summed E-state index contributed by atoms with van der Waals surface area (Å²) >= 11 is 5.86. The molecule has 5 nitrogen and oxygen atoms in total. The molecular formula is C19H22ClNO4. The van der Waals surface area contributed by atoms with E-state index in [1.165, 1.54) is 0 Å². The molecule has 1 amide bonds. The first-order valence-corrected chi connectivity index (χ1v) is 8.81. The number of aryl methyl sites for hydroxylation is 1. The van der Waals surface area contributed by atoms with Gasteiger partial charge in [0.2, 0.25) is 0 Å². The van der Waals surface area contributed by atoms with Crippen LogP contribution in [0, 0.1) is 6.92 Å². The summed E-state index contributed by atoms with van der Waals surface area (Å²) in [5.74, 6) is 2.11. The van der Waals surface area contributed by atoms with Gasteiger partial charge in [-0.3, -0.25) is 4.79 Å². The van der Waals surface area contributed by atoms with Gasteiger partial charge in [-0.05, 0) is 56.2 Å². The van der Waals surface area contributed by atoms with Crippen LogP contribution in [0.25, 0.3) is 0 Å². The van der Waals surface area contributed by atoms with E-state index in [0.717, 1.165) is 31.0 Å². The van der Waals surface area contributed by atoms with E-state index < -0.39 is 0 Å². The Bertz CT molecular complexity index is 692. The van der Waals surface area contributed by atoms with Gasteiger partial charge in [-0.2, -0.15) is 0 Å². The van der Waals surface area contributed by atoms with Crippen molar-refractivity contribution in [3.05, 3.63) is 52.9 Å². The van der Waals surface area contributed by atoms with Crippen LogP contribution in [-0.2, 0) is 16.1 Å². The SMILES string of the molecule is Cc1ccc(CN(CC2CCCO2)C(=O)COc2ccc(Cl)cc2)o1. The summed E-state index contributed by atoms with van der Waals surface area (Å²) in [6, 6.07) is 10.7. The second kappa shape index (κ2) is 8.41. The molecule has 6 heteroatoms. The van der Waals surface area contributed by atoms with Gasteiger partial charge >= 0.3 is 0 Å². The number of nitrogens with zero attached hydrogens (tertiary/aromatic N) is 1. The molecule has 1 aliphatic heterocycles. The van der Waals surface area contributed by atoms with Gasteiger partial charge in [0.05, 0.1) is 12.6 Å². The Labute approximate surface area is 152 Å². The molecule has 1 saturated heterocycles. The normalized spacial score (nSPS) is 16.8. The number of rotatable bonds is 7. The lowest BCUT2D eigenvalue weighted by Crippen LogP contribution is -2.39. The molecule has 1 unspecified atom stereocenters. The molecular weight excluding hydrogens is 342 g/mol. The summed E-state index contributed by atoms with van der Waals surface area (Å²) in [7, 11) is 0. The summed E-state index contributed by atoms with van der Waals surface area (Å²) in [5.41, 5.74) is 0. The van der Waals surface area contributed by atoms with Crippen LogP contribution in [0.4, 0.5) is 0 Å². The maximum Gasteiger partial charge on any atom is 0.261 e. The van der Waals surface area contributed by atoms with Crippen LogP contribution >= 0.6 is 11.6 Å². The largest absolute Gasteiger partial charge is 0.484 e. The van der Waals surface area contributed by atoms with Crippen molar-refractivity contribution in [1.82, 2.24) is 4.90 Å². The third-order valence-electron chi connectivity index (χ3n) is 4.12. The molecule has 1 aliphatic rings. The number of benzene rings is 1. The first kappa shape index (κ1) is 17.8. The van der Waals surface area contributed by atoms with E-state index in [4.69, 9.17) is 25.5 Å². The minimum atomic E-state index is -0.0977. The van der Waals surface area contributed by atoms with Gasteiger partial charge in [-0.1, -0.05) is 11.6 Å². The van der Waals surface area contributed by atoms with Crippen molar-refractivity contribution >= 4 is 17.5 Å². The minimum absolute atomic E-state index is 0.0337. The lowest BCUT2D eigenvalue weighted by molar-refractivity contribution is -0.135. The van der Waals surface area contributed by atoms with E-state index in [1.54, 1.807) is 29.2 Å². The average molecular weight is 364 g/mol. The van der Waals surface area contributed by atoms with Gasteiger partial charge in [-0.15, -0.1) is 0 Å². The Kier molecular flexibility index (Phi) is 6.00. The number of furan rings is 1. The van der Waals surface area contributed by atoms with Crippen molar-refractivity contribution in [1.29, 1.82) is 0 Å². The van der Waals surface area contributed by atoms with Gasteiger partial charge in [-0.25, -0.2) is 0 Å². The monoisotopic (exact) mass is 363 g/mol. The molecule has 1 aromatic carbocycles. The molecule has 3 rings (SSSR count). The Morgan fingerprint density at radius 2 is 2.08 bits per heavy atom. The fraction of sp³-hybridized carbons (Fsp3) is 0.421.